The van der Waals surface area contributed by atoms with E-state index in [9.17, 15) is 4.39 Å². The second-order valence-electron chi connectivity index (χ2n) is 4.41. The first-order chi connectivity index (χ1) is 7.75. The Balaban J connectivity index is 0.00000144. The van der Waals surface area contributed by atoms with Crippen molar-refractivity contribution in [2.45, 2.75) is 25.4 Å². The predicted octanol–water partition coefficient (Wildman–Crippen LogP) is 1.83. The molecule has 0 spiro atoms. The zero-order chi connectivity index (χ0) is 11.4. The van der Waals surface area contributed by atoms with Gasteiger partial charge in [-0.25, -0.2) is 4.39 Å². The summed E-state index contributed by atoms with van der Waals surface area (Å²) in [4.78, 5) is 6.16. The lowest BCUT2D eigenvalue weighted by Crippen LogP contribution is -2.40. The van der Waals surface area contributed by atoms with Gasteiger partial charge < -0.3 is 5.32 Å². The molecule has 1 saturated heterocycles. The van der Waals surface area contributed by atoms with Crippen molar-refractivity contribution in [1.29, 1.82) is 0 Å². The quantitative estimate of drug-likeness (QED) is 0.898. The molecule has 2 heterocycles. The van der Waals surface area contributed by atoms with Gasteiger partial charge in [0.25, 0.3) is 0 Å². The first-order valence-electron chi connectivity index (χ1n) is 5.76. The van der Waals surface area contributed by atoms with Crippen LogP contribution < -0.4 is 5.32 Å². The summed E-state index contributed by atoms with van der Waals surface area (Å²) >= 11 is 0. The van der Waals surface area contributed by atoms with E-state index in [4.69, 9.17) is 0 Å². The molecule has 0 atom stereocenters. The molecule has 3 nitrogen and oxygen atoms in total. The minimum atomic E-state index is -0.254. The molecule has 0 unspecified atom stereocenters. The normalized spacial score (nSPS) is 16.9. The van der Waals surface area contributed by atoms with Crippen LogP contribution in [0.25, 0.3) is 0 Å². The van der Waals surface area contributed by atoms with E-state index in [1.807, 2.05) is 0 Å². The summed E-state index contributed by atoms with van der Waals surface area (Å²) < 4.78 is 13.0. The smallest absolute Gasteiger partial charge is 0.141 e. The van der Waals surface area contributed by atoms with E-state index in [1.165, 1.54) is 19.0 Å². The third-order valence-electron chi connectivity index (χ3n) is 3.13. The van der Waals surface area contributed by atoms with Crippen molar-refractivity contribution in [1.82, 2.24) is 15.2 Å². The summed E-state index contributed by atoms with van der Waals surface area (Å²) in [5.74, 6) is -0.254. The predicted molar refractivity (Wildman–Crippen MR) is 68.8 cm³/mol. The average molecular weight is 260 g/mol. The molecule has 1 aromatic rings. The Morgan fingerprint density at radius 1 is 1.41 bits per heavy atom. The lowest BCUT2D eigenvalue weighted by molar-refractivity contribution is 0.191. The Morgan fingerprint density at radius 2 is 2.12 bits per heavy atom. The maximum Gasteiger partial charge on any atom is 0.141 e. The highest BCUT2D eigenvalue weighted by Gasteiger charge is 2.17. The minimum absolute atomic E-state index is 0. The number of aromatic nitrogens is 1. The molecule has 0 amide bonds. The van der Waals surface area contributed by atoms with Gasteiger partial charge >= 0.3 is 0 Å². The highest BCUT2D eigenvalue weighted by molar-refractivity contribution is 5.85. The number of halogens is 2. The largest absolute Gasteiger partial charge is 0.317 e. The molecule has 0 bridgehead atoms. The van der Waals surface area contributed by atoms with Crippen molar-refractivity contribution in [2.24, 2.45) is 0 Å². The highest BCUT2D eigenvalue weighted by atomic mass is 35.5. The molecule has 0 aliphatic carbocycles. The van der Waals surface area contributed by atoms with Gasteiger partial charge in [0.2, 0.25) is 0 Å². The van der Waals surface area contributed by atoms with E-state index in [0.717, 1.165) is 25.2 Å². The monoisotopic (exact) mass is 259 g/mol. The molecule has 96 valence electrons. The van der Waals surface area contributed by atoms with Crippen LogP contribution in [0.4, 0.5) is 4.39 Å². The van der Waals surface area contributed by atoms with Crippen LogP contribution in [-0.2, 0) is 6.54 Å². The number of nitrogens with zero attached hydrogens (tertiary/aromatic N) is 2. The molecule has 1 aliphatic rings. The molecule has 1 aromatic heterocycles. The van der Waals surface area contributed by atoms with Crippen LogP contribution in [0.5, 0.6) is 0 Å². The number of hydrogen-bond acceptors (Lipinski definition) is 3. The molecule has 1 fully saturated rings. The SMILES string of the molecule is CN(Cc1cncc(F)c1)C1CCNCC1.Cl. The molecule has 0 radical (unpaired) electrons. The van der Waals surface area contributed by atoms with Crippen LogP contribution in [0.1, 0.15) is 18.4 Å². The standard InChI is InChI=1S/C12H18FN3.ClH/c1-16(12-2-4-14-5-3-12)9-10-6-11(13)8-15-7-10;/h6-8,12,14H,2-5,9H2,1H3;1H. The first-order valence-corrected chi connectivity index (χ1v) is 5.76. The van der Waals surface area contributed by atoms with Crippen molar-refractivity contribution >= 4 is 12.4 Å². The van der Waals surface area contributed by atoms with Crippen molar-refractivity contribution in [2.75, 3.05) is 20.1 Å². The van der Waals surface area contributed by atoms with Crippen molar-refractivity contribution in [3.05, 3.63) is 29.8 Å². The van der Waals surface area contributed by atoms with Crippen molar-refractivity contribution in [3.8, 4) is 0 Å². The van der Waals surface area contributed by atoms with E-state index in [0.29, 0.717) is 6.04 Å². The maximum absolute atomic E-state index is 13.0. The Hall–Kier alpha value is -0.710. The molecule has 1 aliphatic heterocycles. The molecule has 5 heteroatoms. The molecule has 1 N–H and O–H groups in total. The highest BCUT2D eigenvalue weighted by Crippen LogP contribution is 2.13. The molecule has 0 saturated carbocycles. The maximum atomic E-state index is 13.0. The van der Waals surface area contributed by atoms with E-state index >= 15 is 0 Å². The van der Waals surface area contributed by atoms with Crippen LogP contribution in [0.15, 0.2) is 18.5 Å². The summed E-state index contributed by atoms with van der Waals surface area (Å²) in [6, 6.07) is 2.16. The Labute approximate surface area is 108 Å². The summed E-state index contributed by atoms with van der Waals surface area (Å²) in [5.41, 5.74) is 0.945. The van der Waals surface area contributed by atoms with Crippen LogP contribution in [0.3, 0.4) is 0 Å². The number of rotatable bonds is 3. The number of piperidine rings is 1. The van der Waals surface area contributed by atoms with Gasteiger partial charge in [0, 0.05) is 18.8 Å². The fourth-order valence-electron chi connectivity index (χ4n) is 2.21. The Morgan fingerprint density at radius 3 is 2.76 bits per heavy atom. The van der Waals surface area contributed by atoms with Crippen molar-refractivity contribution in [3.63, 3.8) is 0 Å². The summed E-state index contributed by atoms with van der Waals surface area (Å²) in [6.07, 6.45) is 5.31. The van der Waals surface area contributed by atoms with Crippen LogP contribution in [-0.4, -0.2) is 36.1 Å². The van der Waals surface area contributed by atoms with Crippen LogP contribution in [0.2, 0.25) is 0 Å². The zero-order valence-electron chi connectivity index (χ0n) is 10.0. The molecular weight excluding hydrogens is 241 g/mol. The van der Waals surface area contributed by atoms with Gasteiger partial charge in [0.15, 0.2) is 0 Å². The third-order valence-corrected chi connectivity index (χ3v) is 3.13. The molecule has 0 aromatic carbocycles. The molecule has 17 heavy (non-hydrogen) atoms. The van der Waals surface area contributed by atoms with E-state index in [2.05, 4.69) is 22.2 Å². The molecular formula is C12H19ClFN3. The van der Waals surface area contributed by atoms with E-state index in [1.54, 1.807) is 12.3 Å². The topological polar surface area (TPSA) is 28.2 Å². The first kappa shape index (κ1) is 14.4. The average Bonchev–Trinajstić information content (AvgIpc) is 2.30. The Bertz CT molecular complexity index is 342. The summed E-state index contributed by atoms with van der Waals surface area (Å²) in [6.45, 7) is 2.93. The number of hydrogen-bond donors (Lipinski definition) is 1. The lowest BCUT2D eigenvalue weighted by atomic mass is 10.0. The van der Waals surface area contributed by atoms with Crippen LogP contribution >= 0.6 is 12.4 Å². The second-order valence-corrected chi connectivity index (χ2v) is 4.41. The third kappa shape index (κ3) is 4.22. The van der Waals surface area contributed by atoms with E-state index in [-0.39, 0.29) is 18.2 Å². The Kier molecular flexibility index (Phi) is 5.82. The fourth-order valence-corrected chi connectivity index (χ4v) is 2.21. The van der Waals surface area contributed by atoms with Gasteiger partial charge in [0.05, 0.1) is 6.20 Å². The van der Waals surface area contributed by atoms with Crippen molar-refractivity contribution < 1.29 is 4.39 Å². The van der Waals surface area contributed by atoms with Gasteiger partial charge in [0.1, 0.15) is 5.82 Å². The second kappa shape index (κ2) is 6.89. The minimum Gasteiger partial charge on any atom is -0.317 e. The van der Waals surface area contributed by atoms with Gasteiger partial charge in [-0.2, -0.15) is 0 Å². The fraction of sp³-hybridized carbons (Fsp3) is 0.583. The van der Waals surface area contributed by atoms with Gasteiger partial charge in [-0.15, -0.1) is 12.4 Å². The summed E-state index contributed by atoms with van der Waals surface area (Å²) in [5, 5.41) is 3.34. The summed E-state index contributed by atoms with van der Waals surface area (Å²) in [7, 11) is 2.10. The number of nitrogens with one attached hydrogen (secondary N) is 1. The lowest BCUT2D eigenvalue weighted by Gasteiger charge is -2.31. The van der Waals surface area contributed by atoms with Gasteiger partial charge in [-0.05, 0) is 44.6 Å². The molecule has 2 rings (SSSR count). The zero-order valence-corrected chi connectivity index (χ0v) is 10.8. The van der Waals surface area contributed by atoms with Gasteiger partial charge in [-0.1, -0.05) is 0 Å². The van der Waals surface area contributed by atoms with Gasteiger partial charge in [-0.3, -0.25) is 9.88 Å². The number of pyridine rings is 1. The van der Waals surface area contributed by atoms with Crippen LogP contribution in [0, 0.1) is 5.82 Å². The van der Waals surface area contributed by atoms with E-state index < -0.39 is 0 Å².